The lowest BCUT2D eigenvalue weighted by Gasteiger charge is -1.84. The van der Waals surface area contributed by atoms with Gasteiger partial charge in [0.1, 0.15) is 0 Å². The third kappa shape index (κ3) is 2.48. The Bertz CT molecular complexity index is 62.6. The highest BCUT2D eigenvalue weighted by atomic mass is 79.9. The summed E-state index contributed by atoms with van der Waals surface area (Å²) in [6, 6.07) is 0. The summed E-state index contributed by atoms with van der Waals surface area (Å²) in [7, 11) is 0. The van der Waals surface area contributed by atoms with Crippen molar-refractivity contribution in [1.82, 2.24) is 0 Å². The molecule has 0 aromatic heterocycles. The van der Waals surface area contributed by atoms with Crippen molar-refractivity contribution in [3.8, 4) is 0 Å². The Morgan fingerprint density at radius 2 is 2.17 bits per heavy atom. The SMILES string of the molecule is O=C(O)[C@H](Cl)Br. The first-order valence-corrected chi connectivity index (χ1v) is 2.50. The maximum Gasteiger partial charge on any atom is 0.332 e. The van der Waals surface area contributed by atoms with Crippen LogP contribution in [0.1, 0.15) is 0 Å². The van der Waals surface area contributed by atoms with Crippen molar-refractivity contribution in [3.63, 3.8) is 0 Å². The first-order chi connectivity index (χ1) is 2.64. The van der Waals surface area contributed by atoms with E-state index >= 15 is 0 Å². The van der Waals surface area contributed by atoms with Gasteiger partial charge in [-0.1, -0.05) is 27.5 Å². The summed E-state index contributed by atoms with van der Waals surface area (Å²) >= 11 is 7.53. The highest BCUT2D eigenvalue weighted by Gasteiger charge is 2.04. The van der Waals surface area contributed by atoms with Crippen molar-refractivity contribution < 1.29 is 9.90 Å². The monoisotopic (exact) mass is 172 g/mol. The van der Waals surface area contributed by atoms with Gasteiger partial charge in [-0.3, -0.25) is 0 Å². The number of hydrogen-bond acceptors (Lipinski definition) is 1. The molecule has 0 bridgehead atoms. The molecule has 0 radical (unpaired) electrons. The Kier molecular flexibility index (Phi) is 2.52. The maximum atomic E-state index is 9.52. The number of halogens is 2. The lowest BCUT2D eigenvalue weighted by atomic mass is 10.8. The molecule has 4 heteroatoms. The average Bonchev–Trinajstić information content (AvgIpc) is 1.36. The molecule has 1 atom stereocenters. The second-order valence-electron chi connectivity index (χ2n) is 0.639. The Balaban J connectivity index is 3.26. The number of carboxylic acids is 1. The number of hydrogen-bond donors (Lipinski definition) is 1. The molecule has 0 aliphatic heterocycles. The fraction of sp³-hybridized carbons (Fsp3) is 0.500. The quantitative estimate of drug-likeness (QED) is 0.602. The second kappa shape index (κ2) is 2.42. The summed E-state index contributed by atoms with van der Waals surface area (Å²) < 4.78 is -0.947. The summed E-state index contributed by atoms with van der Waals surface area (Å²) in [5.74, 6) is -1.06. The van der Waals surface area contributed by atoms with Crippen LogP contribution in [0.4, 0.5) is 0 Å². The first kappa shape index (κ1) is 6.24. The van der Waals surface area contributed by atoms with E-state index < -0.39 is 10.3 Å². The van der Waals surface area contributed by atoms with Gasteiger partial charge < -0.3 is 5.11 Å². The Morgan fingerprint density at radius 3 is 2.17 bits per heavy atom. The van der Waals surface area contributed by atoms with Crippen molar-refractivity contribution >= 4 is 33.5 Å². The van der Waals surface area contributed by atoms with Crippen LogP contribution in [0, 0.1) is 0 Å². The summed E-state index contributed by atoms with van der Waals surface area (Å²) in [4.78, 5) is 9.52. The summed E-state index contributed by atoms with van der Waals surface area (Å²) in [5, 5.41) is 7.81. The van der Waals surface area contributed by atoms with E-state index in [1.54, 1.807) is 0 Å². The molecule has 0 aromatic carbocycles. The molecule has 1 N–H and O–H groups in total. The molecule has 0 heterocycles. The van der Waals surface area contributed by atoms with Crippen molar-refractivity contribution in [2.24, 2.45) is 0 Å². The van der Waals surface area contributed by atoms with Crippen LogP contribution in [-0.4, -0.2) is 15.4 Å². The van der Waals surface area contributed by atoms with E-state index in [-0.39, 0.29) is 0 Å². The molecule has 0 aliphatic carbocycles. The average molecular weight is 173 g/mol. The molecule has 0 unspecified atom stereocenters. The van der Waals surface area contributed by atoms with Gasteiger partial charge in [-0.25, -0.2) is 4.79 Å². The van der Waals surface area contributed by atoms with Crippen LogP contribution in [0.15, 0.2) is 0 Å². The predicted molar refractivity (Wildman–Crippen MR) is 26.2 cm³/mol. The lowest BCUT2D eigenvalue weighted by Crippen LogP contribution is -2.03. The van der Waals surface area contributed by atoms with Crippen molar-refractivity contribution in [2.75, 3.05) is 0 Å². The number of aliphatic carboxylic acids is 1. The standard InChI is InChI=1S/C2H2BrClO2/c3-1(4)2(5)6/h1H,(H,5,6)/t1-/m0/s1. The minimum absolute atomic E-state index is 0.947. The first-order valence-electron chi connectivity index (χ1n) is 1.15. The molecule has 36 valence electrons. The van der Waals surface area contributed by atoms with Gasteiger partial charge in [-0.2, -0.15) is 0 Å². The number of carbonyl (C=O) groups is 1. The third-order valence-corrected chi connectivity index (χ3v) is 0.765. The highest BCUT2D eigenvalue weighted by Crippen LogP contribution is 2.02. The van der Waals surface area contributed by atoms with Gasteiger partial charge in [0.25, 0.3) is 0 Å². The third-order valence-electron chi connectivity index (χ3n) is 0.187. The Labute approximate surface area is 48.2 Å². The smallest absolute Gasteiger partial charge is 0.332 e. The summed E-state index contributed by atoms with van der Waals surface area (Å²) in [5.41, 5.74) is 0. The fourth-order valence-electron chi connectivity index (χ4n) is 0. The molecule has 6 heavy (non-hydrogen) atoms. The van der Waals surface area contributed by atoms with Gasteiger partial charge in [-0.15, -0.1) is 0 Å². The molecule has 0 saturated carbocycles. The fourth-order valence-corrected chi connectivity index (χ4v) is 0. The topological polar surface area (TPSA) is 37.3 Å². The van der Waals surface area contributed by atoms with Crippen LogP contribution in [0.2, 0.25) is 0 Å². The summed E-state index contributed by atoms with van der Waals surface area (Å²) in [6.45, 7) is 0. The molecule has 0 saturated heterocycles. The molecule has 0 spiro atoms. The van der Waals surface area contributed by atoms with Gasteiger partial charge in [0.05, 0.1) is 0 Å². The van der Waals surface area contributed by atoms with Gasteiger partial charge in [-0.05, 0) is 0 Å². The maximum absolute atomic E-state index is 9.52. The zero-order valence-corrected chi connectivity index (χ0v) is 5.03. The second-order valence-corrected chi connectivity index (χ2v) is 2.52. The molecule has 0 rings (SSSR count). The summed E-state index contributed by atoms with van der Waals surface area (Å²) in [6.07, 6.45) is 0. The van der Waals surface area contributed by atoms with Gasteiger partial charge >= 0.3 is 5.97 Å². The number of rotatable bonds is 1. The number of carboxylic acid groups (broad SMARTS) is 1. The van der Waals surface area contributed by atoms with Crippen molar-refractivity contribution in [3.05, 3.63) is 0 Å². The van der Waals surface area contributed by atoms with E-state index in [0.717, 1.165) is 0 Å². The minimum atomic E-state index is -1.06. The number of alkyl halides is 2. The molecule has 0 aliphatic rings. The van der Waals surface area contributed by atoms with E-state index in [4.69, 9.17) is 16.7 Å². The Hall–Kier alpha value is 0.240. The van der Waals surface area contributed by atoms with Gasteiger partial charge in [0.15, 0.2) is 4.29 Å². The van der Waals surface area contributed by atoms with Crippen LogP contribution in [0.3, 0.4) is 0 Å². The molecular formula is C2H2BrClO2. The zero-order chi connectivity index (χ0) is 5.15. The Morgan fingerprint density at radius 1 is 2.00 bits per heavy atom. The van der Waals surface area contributed by atoms with Gasteiger partial charge in [0.2, 0.25) is 0 Å². The van der Waals surface area contributed by atoms with Crippen molar-refractivity contribution in [1.29, 1.82) is 0 Å². The molecule has 0 aromatic rings. The van der Waals surface area contributed by atoms with Crippen LogP contribution in [0.25, 0.3) is 0 Å². The van der Waals surface area contributed by atoms with Crippen LogP contribution >= 0.6 is 27.5 Å². The minimum Gasteiger partial charge on any atom is -0.480 e. The van der Waals surface area contributed by atoms with Crippen LogP contribution in [-0.2, 0) is 4.79 Å². The van der Waals surface area contributed by atoms with Gasteiger partial charge in [0, 0.05) is 0 Å². The van der Waals surface area contributed by atoms with E-state index in [0.29, 0.717) is 0 Å². The van der Waals surface area contributed by atoms with E-state index in [1.165, 1.54) is 0 Å². The molecule has 0 amide bonds. The molecular weight excluding hydrogens is 171 g/mol. The molecule has 2 nitrogen and oxygen atoms in total. The van der Waals surface area contributed by atoms with E-state index in [9.17, 15) is 4.79 Å². The van der Waals surface area contributed by atoms with E-state index in [2.05, 4.69) is 15.9 Å². The highest BCUT2D eigenvalue weighted by molar-refractivity contribution is 9.10. The molecule has 0 fully saturated rings. The van der Waals surface area contributed by atoms with Crippen molar-refractivity contribution in [2.45, 2.75) is 4.29 Å². The largest absolute Gasteiger partial charge is 0.480 e. The van der Waals surface area contributed by atoms with Crippen LogP contribution < -0.4 is 0 Å². The normalized spacial score (nSPS) is 13.7. The zero-order valence-electron chi connectivity index (χ0n) is 2.69. The predicted octanol–water partition coefficient (Wildman–Crippen LogP) is 1.03. The lowest BCUT2D eigenvalue weighted by molar-refractivity contribution is -0.134. The van der Waals surface area contributed by atoms with E-state index in [1.807, 2.05) is 0 Å². The van der Waals surface area contributed by atoms with Crippen LogP contribution in [0.5, 0.6) is 0 Å².